The predicted molar refractivity (Wildman–Crippen MR) is 84.6 cm³/mol. The molecule has 0 unspecified atom stereocenters. The summed E-state index contributed by atoms with van der Waals surface area (Å²) in [6.07, 6.45) is 2.12. The van der Waals surface area contributed by atoms with Gasteiger partial charge >= 0.3 is 0 Å². The number of hydrogen-bond acceptors (Lipinski definition) is 2. The Kier molecular flexibility index (Phi) is 3.55. The number of allylic oxidation sites excluding steroid dienone is 1. The van der Waals surface area contributed by atoms with Crippen LogP contribution < -0.4 is 0 Å². The molecule has 20 heavy (non-hydrogen) atoms. The Morgan fingerprint density at radius 3 is 2.05 bits per heavy atom. The number of benzene rings is 2. The molecule has 0 spiro atoms. The predicted octanol–water partition coefficient (Wildman–Crippen LogP) is 3.88. The maximum atomic E-state index is 4.76. The van der Waals surface area contributed by atoms with Crippen LogP contribution in [0.2, 0.25) is 0 Å². The summed E-state index contributed by atoms with van der Waals surface area (Å²) < 4.78 is 0. The van der Waals surface area contributed by atoms with Crippen molar-refractivity contribution in [1.29, 1.82) is 0 Å². The zero-order valence-corrected chi connectivity index (χ0v) is 11.5. The number of hydrogen-bond donors (Lipinski definition) is 0. The van der Waals surface area contributed by atoms with E-state index in [4.69, 9.17) is 4.99 Å². The summed E-state index contributed by atoms with van der Waals surface area (Å²) in [5.74, 6) is 0.803. The molecule has 0 bridgehead atoms. The average molecular weight is 260 g/mol. The van der Waals surface area contributed by atoms with E-state index in [1.165, 1.54) is 5.57 Å². The van der Waals surface area contributed by atoms with Gasteiger partial charge in [0.1, 0.15) is 0 Å². The van der Waals surface area contributed by atoms with E-state index in [-0.39, 0.29) is 0 Å². The van der Waals surface area contributed by atoms with E-state index in [0.717, 1.165) is 22.7 Å². The fraction of sp³-hybridized carbons (Fsp3) is 0.111. The minimum absolute atomic E-state index is 0.698. The van der Waals surface area contributed by atoms with E-state index in [1.807, 2.05) is 48.5 Å². The first-order valence-electron chi connectivity index (χ1n) is 6.74. The molecule has 0 aromatic heterocycles. The third-order valence-electron chi connectivity index (χ3n) is 3.19. The van der Waals surface area contributed by atoms with Gasteiger partial charge in [0.25, 0.3) is 0 Å². The summed E-state index contributed by atoms with van der Waals surface area (Å²) in [7, 11) is 0. The van der Waals surface area contributed by atoms with Crippen molar-refractivity contribution in [2.24, 2.45) is 9.98 Å². The van der Waals surface area contributed by atoms with Gasteiger partial charge in [-0.2, -0.15) is 0 Å². The van der Waals surface area contributed by atoms with Gasteiger partial charge in [0, 0.05) is 11.1 Å². The van der Waals surface area contributed by atoms with Gasteiger partial charge in [0.05, 0.1) is 12.3 Å². The van der Waals surface area contributed by atoms with Crippen molar-refractivity contribution in [1.82, 2.24) is 0 Å². The van der Waals surface area contributed by atoms with Crippen LogP contribution in [-0.4, -0.2) is 18.1 Å². The fourth-order valence-electron chi connectivity index (χ4n) is 2.16. The number of nitrogens with zero attached hydrogens (tertiary/aromatic N) is 2. The first kappa shape index (κ1) is 12.5. The molecular weight excluding hydrogens is 244 g/mol. The monoisotopic (exact) mass is 260 g/mol. The molecule has 1 aliphatic heterocycles. The molecule has 0 aliphatic carbocycles. The molecular formula is C18H16N2. The zero-order chi connectivity index (χ0) is 13.8. The highest BCUT2D eigenvalue weighted by molar-refractivity contribution is 6.17. The van der Waals surface area contributed by atoms with Gasteiger partial charge in [-0.05, 0) is 18.6 Å². The van der Waals surface area contributed by atoms with Crippen LogP contribution in [0, 0.1) is 0 Å². The SMILES string of the molecule is CC1=CC(c2ccccc2)=NC(c2ccccc2)=NC1. The molecule has 0 atom stereocenters. The summed E-state index contributed by atoms with van der Waals surface area (Å²) in [6.45, 7) is 2.79. The molecule has 0 saturated carbocycles. The molecule has 0 saturated heterocycles. The molecule has 98 valence electrons. The van der Waals surface area contributed by atoms with E-state index in [9.17, 15) is 0 Å². The van der Waals surface area contributed by atoms with Crippen molar-refractivity contribution in [3.8, 4) is 0 Å². The zero-order valence-electron chi connectivity index (χ0n) is 11.5. The lowest BCUT2D eigenvalue weighted by molar-refractivity contribution is 1.14. The van der Waals surface area contributed by atoms with Crippen molar-refractivity contribution in [2.45, 2.75) is 6.92 Å². The molecule has 2 heteroatoms. The van der Waals surface area contributed by atoms with Crippen LogP contribution in [0.4, 0.5) is 0 Å². The number of rotatable bonds is 2. The summed E-state index contributed by atoms with van der Waals surface area (Å²) in [6, 6.07) is 20.4. The van der Waals surface area contributed by atoms with Crippen molar-refractivity contribution >= 4 is 11.5 Å². The van der Waals surface area contributed by atoms with Gasteiger partial charge in [-0.15, -0.1) is 0 Å². The number of aliphatic imine (C=N–C) groups is 2. The molecule has 0 fully saturated rings. The Labute approximate surface area is 119 Å². The Morgan fingerprint density at radius 2 is 1.40 bits per heavy atom. The fourth-order valence-corrected chi connectivity index (χ4v) is 2.16. The van der Waals surface area contributed by atoms with Crippen LogP contribution in [0.1, 0.15) is 18.1 Å². The van der Waals surface area contributed by atoms with Crippen LogP contribution in [0.5, 0.6) is 0 Å². The van der Waals surface area contributed by atoms with Crippen LogP contribution in [-0.2, 0) is 0 Å². The largest absolute Gasteiger partial charge is 0.262 e. The highest BCUT2D eigenvalue weighted by Crippen LogP contribution is 2.13. The third-order valence-corrected chi connectivity index (χ3v) is 3.19. The third kappa shape index (κ3) is 2.75. The lowest BCUT2D eigenvalue weighted by Gasteiger charge is -2.03. The molecule has 2 nitrogen and oxygen atoms in total. The van der Waals surface area contributed by atoms with Gasteiger partial charge in [0.2, 0.25) is 0 Å². The molecule has 0 radical (unpaired) electrons. The van der Waals surface area contributed by atoms with Crippen molar-refractivity contribution < 1.29 is 0 Å². The summed E-state index contributed by atoms with van der Waals surface area (Å²) >= 11 is 0. The second kappa shape index (κ2) is 5.66. The van der Waals surface area contributed by atoms with Crippen LogP contribution in [0.15, 0.2) is 82.3 Å². The summed E-state index contributed by atoms with van der Waals surface area (Å²) in [4.78, 5) is 9.37. The molecule has 0 amide bonds. The standard InChI is InChI=1S/C18H16N2/c1-14-12-17(15-8-4-2-5-9-15)20-18(19-13-14)16-10-6-3-7-11-16/h2-12H,13H2,1H3. The summed E-state index contributed by atoms with van der Waals surface area (Å²) in [5, 5.41) is 0. The molecule has 0 N–H and O–H groups in total. The van der Waals surface area contributed by atoms with E-state index < -0.39 is 0 Å². The van der Waals surface area contributed by atoms with Crippen LogP contribution >= 0.6 is 0 Å². The second-order valence-electron chi connectivity index (χ2n) is 4.86. The smallest absolute Gasteiger partial charge is 0.155 e. The van der Waals surface area contributed by atoms with Crippen LogP contribution in [0.3, 0.4) is 0 Å². The first-order valence-corrected chi connectivity index (χ1v) is 6.74. The lowest BCUT2D eigenvalue weighted by Crippen LogP contribution is -2.03. The maximum absolute atomic E-state index is 4.76. The first-order chi connectivity index (χ1) is 9.83. The normalized spacial score (nSPS) is 14.9. The van der Waals surface area contributed by atoms with Crippen molar-refractivity contribution in [3.05, 3.63) is 83.4 Å². The highest BCUT2D eigenvalue weighted by Gasteiger charge is 2.09. The van der Waals surface area contributed by atoms with Gasteiger partial charge in [0.15, 0.2) is 5.84 Å². The maximum Gasteiger partial charge on any atom is 0.155 e. The van der Waals surface area contributed by atoms with Crippen molar-refractivity contribution in [3.63, 3.8) is 0 Å². The molecule has 2 aromatic rings. The molecule has 1 aliphatic rings. The van der Waals surface area contributed by atoms with Gasteiger partial charge in [-0.3, -0.25) is 4.99 Å². The topological polar surface area (TPSA) is 24.7 Å². The number of amidine groups is 1. The van der Waals surface area contributed by atoms with Gasteiger partial charge in [-0.1, -0.05) is 60.7 Å². The van der Waals surface area contributed by atoms with Gasteiger partial charge in [-0.25, -0.2) is 4.99 Å². The minimum Gasteiger partial charge on any atom is -0.262 e. The Morgan fingerprint density at radius 1 is 0.800 bits per heavy atom. The quantitative estimate of drug-likeness (QED) is 0.783. The Bertz CT molecular complexity index is 680. The van der Waals surface area contributed by atoms with Crippen LogP contribution in [0.25, 0.3) is 0 Å². The molecule has 1 heterocycles. The van der Waals surface area contributed by atoms with Crippen molar-refractivity contribution in [2.75, 3.05) is 6.54 Å². The minimum atomic E-state index is 0.698. The Balaban J connectivity index is 2.06. The van der Waals surface area contributed by atoms with E-state index in [1.54, 1.807) is 0 Å². The molecule has 3 rings (SSSR count). The highest BCUT2D eigenvalue weighted by atomic mass is 14.9. The Hall–Kier alpha value is -2.48. The second-order valence-corrected chi connectivity index (χ2v) is 4.86. The molecule has 2 aromatic carbocycles. The van der Waals surface area contributed by atoms with Gasteiger partial charge < -0.3 is 0 Å². The summed E-state index contributed by atoms with van der Waals surface area (Å²) in [5.41, 5.74) is 4.38. The lowest BCUT2D eigenvalue weighted by atomic mass is 10.1. The average Bonchev–Trinajstić information content (AvgIpc) is 2.71. The van der Waals surface area contributed by atoms with E-state index >= 15 is 0 Å². The van der Waals surface area contributed by atoms with E-state index in [2.05, 4.69) is 30.1 Å². The van der Waals surface area contributed by atoms with E-state index in [0.29, 0.717) is 6.54 Å².